The molecular weight excluding hydrogens is 434 g/mol. The van der Waals surface area contributed by atoms with Gasteiger partial charge in [-0.2, -0.15) is 5.26 Å². The van der Waals surface area contributed by atoms with Gasteiger partial charge in [0.25, 0.3) is 5.91 Å². The molecule has 1 N–H and O–H groups in total. The smallest absolute Gasteiger partial charge is 0.349 e. The summed E-state index contributed by atoms with van der Waals surface area (Å²) in [6, 6.07) is 11.6. The van der Waals surface area contributed by atoms with Crippen molar-refractivity contribution in [2.75, 3.05) is 6.61 Å². The number of carbonyl (C=O) groups excluding carboxylic acids is 2. The Balaban J connectivity index is 2.20. The quantitative estimate of drug-likeness (QED) is 0.383. The number of nitrogens with one attached hydrogen (secondary N) is 1. The fourth-order valence-corrected chi connectivity index (χ4v) is 3.11. The highest BCUT2D eigenvalue weighted by Crippen LogP contribution is 2.24. The van der Waals surface area contributed by atoms with Gasteiger partial charge in [0, 0.05) is 27.6 Å². The second-order valence-electron chi connectivity index (χ2n) is 6.76. The molecule has 0 aliphatic heterocycles. The van der Waals surface area contributed by atoms with E-state index in [0.29, 0.717) is 0 Å². The molecule has 0 aliphatic rings. The second-order valence-corrected chi connectivity index (χ2v) is 7.68. The molecule has 1 unspecified atom stereocenters. The second kappa shape index (κ2) is 10.1. The molecule has 29 heavy (non-hydrogen) atoms. The molecular formula is C22H24BrN3O3. The van der Waals surface area contributed by atoms with Crippen LogP contribution in [-0.4, -0.2) is 29.1 Å². The van der Waals surface area contributed by atoms with Crippen molar-refractivity contribution in [3.8, 4) is 11.8 Å². The summed E-state index contributed by atoms with van der Waals surface area (Å²) in [4.78, 5) is 24.0. The van der Waals surface area contributed by atoms with Crippen molar-refractivity contribution < 1.29 is 14.3 Å². The molecule has 2 rings (SSSR count). The van der Waals surface area contributed by atoms with E-state index in [9.17, 15) is 14.9 Å². The first-order valence-electron chi connectivity index (χ1n) is 9.30. The Bertz CT molecular complexity index is 968. The first-order valence-corrected chi connectivity index (χ1v) is 10.1. The van der Waals surface area contributed by atoms with Crippen LogP contribution in [0.25, 0.3) is 11.8 Å². The molecule has 0 spiro atoms. The Morgan fingerprint density at radius 2 is 1.97 bits per heavy atom. The number of esters is 1. The van der Waals surface area contributed by atoms with Crippen molar-refractivity contribution in [3.63, 3.8) is 0 Å². The summed E-state index contributed by atoms with van der Waals surface area (Å²) in [5.74, 6) is -1.21. The van der Waals surface area contributed by atoms with Crippen molar-refractivity contribution in [2.24, 2.45) is 0 Å². The van der Waals surface area contributed by atoms with Crippen LogP contribution in [0.15, 0.2) is 40.4 Å². The molecule has 0 aliphatic carbocycles. The standard InChI is InChI=1S/C22H24BrN3O3/c1-5-14(2)25-21(27)13-29-22(28)18(12-24)11-17-10-15(3)26(16(17)4)20-8-6-19(23)7-9-20/h6-11,14H,5,13H2,1-4H3,(H,25,27)/b18-11+. The van der Waals surface area contributed by atoms with Crippen LogP contribution in [0.5, 0.6) is 0 Å². The van der Waals surface area contributed by atoms with E-state index < -0.39 is 18.5 Å². The van der Waals surface area contributed by atoms with Crippen molar-refractivity contribution in [3.05, 3.63) is 57.3 Å². The number of aromatic nitrogens is 1. The summed E-state index contributed by atoms with van der Waals surface area (Å²) in [5, 5.41) is 12.1. The van der Waals surface area contributed by atoms with Gasteiger partial charge in [-0.15, -0.1) is 0 Å². The van der Waals surface area contributed by atoms with Crippen LogP contribution in [0, 0.1) is 25.2 Å². The van der Waals surface area contributed by atoms with Gasteiger partial charge in [-0.1, -0.05) is 22.9 Å². The van der Waals surface area contributed by atoms with Crippen molar-refractivity contribution >= 4 is 33.9 Å². The zero-order chi connectivity index (χ0) is 21.6. The lowest BCUT2D eigenvalue weighted by molar-refractivity contribution is -0.144. The molecule has 7 heteroatoms. The van der Waals surface area contributed by atoms with Crippen LogP contribution >= 0.6 is 15.9 Å². The van der Waals surface area contributed by atoms with E-state index in [1.807, 2.05) is 68.7 Å². The highest BCUT2D eigenvalue weighted by Gasteiger charge is 2.16. The third kappa shape index (κ3) is 5.81. The zero-order valence-electron chi connectivity index (χ0n) is 17.0. The van der Waals surface area contributed by atoms with Gasteiger partial charge >= 0.3 is 5.97 Å². The number of hydrogen-bond acceptors (Lipinski definition) is 4. The number of rotatable bonds is 7. The van der Waals surface area contributed by atoms with Crippen LogP contribution in [-0.2, 0) is 14.3 Å². The fourth-order valence-electron chi connectivity index (χ4n) is 2.84. The lowest BCUT2D eigenvalue weighted by atomic mass is 10.1. The monoisotopic (exact) mass is 457 g/mol. The normalized spacial score (nSPS) is 12.2. The fraction of sp³-hybridized carbons (Fsp3) is 0.318. The van der Waals surface area contributed by atoms with Crippen LogP contribution < -0.4 is 5.32 Å². The van der Waals surface area contributed by atoms with E-state index in [4.69, 9.17) is 4.74 Å². The number of aryl methyl sites for hydroxylation is 1. The Morgan fingerprint density at radius 1 is 1.31 bits per heavy atom. The minimum atomic E-state index is -0.819. The van der Waals surface area contributed by atoms with Gasteiger partial charge in [-0.3, -0.25) is 4.79 Å². The van der Waals surface area contributed by atoms with Crippen molar-refractivity contribution in [1.82, 2.24) is 9.88 Å². The molecule has 0 radical (unpaired) electrons. The van der Waals surface area contributed by atoms with Gasteiger partial charge in [0.15, 0.2) is 6.61 Å². The molecule has 1 amide bonds. The molecule has 1 atom stereocenters. The molecule has 0 fully saturated rings. The Kier molecular flexibility index (Phi) is 7.80. The molecule has 1 aromatic heterocycles. The maximum absolute atomic E-state index is 12.2. The maximum atomic E-state index is 12.2. The van der Waals surface area contributed by atoms with Crippen LogP contribution in [0.4, 0.5) is 0 Å². The van der Waals surface area contributed by atoms with E-state index >= 15 is 0 Å². The zero-order valence-corrected chi connectivity index (χ0v) is 18.5. The topological polar surface area (TPSA) is 84.1 Å². The predicted molar refractivity (Wildman–Crippen MR) is 115 cm³/mol. The number of carbonyl (C=O) groups is 2. The van der Waals surface area contributed by atoms with E-state index in [1.165, 1.54) is 6.08 Å². The summed E-state index contributed by atoms with van der Waals surface area (Å²) >= 11 is 3.43. The first-order chi connectivity index (χ1) is 13.8. The van der Waals surface area contributed by atoms with Gasteiger partial charge in [-0.25, -0.2) is 4.79 Å². The number of halogens is 1. The SMILES string of the molecule is CCC(C)NC(=O)COC(=O)/C(C#N)=C/c1cc(C)n(-c2ccc(Br)cc2)c1C. The number of nitrogens with zero attached hydrogens (tertiary/aromatic N) is 2. The van der Waals surface area contributed by atoms with Gasteiger partial charge in [0.2, 0.25) is 0 Å². The Hall–Kier alpha value is -2.85. The number of amides is 1. The molecule has 0 bridgehead atoms. The van der Waals surface area contributed by atoms with Gasteiger partial charge in [0.1, 0.15) is 11.6 Å². The number of ether oxygens (including phenoxy) is 1. The van der Waals surface area contributed by atoms with Gasteiger partial charge in [0.05, 0.1) is 0 Å². The highest BCUT2D eigenvalue weighted by atomic mass is 79.9. The number of benzene rings is 1. The molecule has 1 aromatic carbocycles. The molecule has 0 saturated carbocycles. The summed E-state index contributed by atoms with van der Waals surface area (Å²) in [5.41, 5.74) is 3.42. The third-order valence-electron chi connectivity index (χ3n) is 4.55. The minimum Gasteiger partial charge on any atom is -0.451 e. The minimum absolute atomic E-state index is 0.00354. The van der Waals surface area contributed by atoms with Crippen LogP contribution in [0.2, 0.25) is 0 Å². The summed E-state index contributed by atoms with van der Waals surface area (Å²) in [7, 11) is 0. The summed E-state index contributed by atoms with van der Waals surface area (Å²) < 4.78 is 8.02. The average molecular weight is 458 g/mol. The third-order valence-corrected chi connectivity index (χ3v) is 5.08. The van der Waals surface area contributed by atoms with E-state index in [0.717, 1.165) is 33.5 Å². The lowest BCUT2D eigenvalue weighted by Crippen LogP contribution is -2.35. The Morgan fingerprint density at radius 3 is 2.55 bits per heavy atom. The first kappa shape index (κ1) is 22.4. The summed E-state index contributed by atoms with van der Waals surface area (Å²) in [6.07, 6.45) is 2.27. The van der Waals surface area contributed by atoms with Crippen LogP contribution in [0.3, 0.4) is 0 Å². The molecule has 2 aromatic rings. The Labute approximate surface area is 179 Å². The molecule has 1 heterocycles. The van der Waals surface area contributed by atoms with E-state index in [2.05, 4.69) is 21.2 Å². The average Bonchev–Trinajstić information content (AvgIpc) is 2.98. The highest BCUT2D eigenvalue weighted by molar-refractivity contribution is 9.10. The predicted octanol–water partition coefficient (Wildman–Crippen LogP) is 4.22. The van der Waals surface area contributed by atoms with Gasteiger partial charge in [-0.05, 0) is 69.2 Å². The maximum Gasteiger partial charge on any atom is 0.349 e. The van der Waals surface area contributed by atoms with Crippen molar-refractivity contribution in [1.29, 1.82) is 5.26 Å². The molecule has 152 valence electrons. The largest absolute Gasteiger partial charge is 0.451 e. The van der Waals surface area contributed by atoms with Crippen molar-refractivity contribution in [2.45, 2.75) is 40.2 Å². The number of hydrogen-bond donors (Lipinski definition) is 1. The van der Waals surface area contributed by atoms with E-state index in [-0.39, 0.29) is 11.6 Å². The van der Waals surface area contributed by atoms with Crippen LogP contribution in [0.1, 0.15) is 37.2 Å². The lowest BCUT2D eigenvalue weighted by Gasteiger charge is -2.11. The summed E-state index contributed by atoms with van der Waals surface area (Å²) in [6.45, 7) is 7.26. The van der Waals surface area contributed by atoms with Gasteiger partial charge < -0.3 is 14.6 Å². The number of nitriles is 1. The molecule has 6 nitrogen and oxygen atoms in total. The molecule has 0 saturated heterocycles. The van der Waals surface area contributed by atoms with E-state index in [1.54, 1.807) is 0 Å².